The van der Waals surface area contributed by atoms with E-state index in [1.54, 1.807) is 6.92 Å². The van der Waals surface area contributed by atoms with Crippen LogP contribution in [-0.2, 0) is 14.8 Å². The highest BCUT2D eigenvalue weighted by Crippen LogP contribution is 2.11. The van der Waals surface area contributed by atoms with E-state index in [2.05, 4.69) is 28.7 Å². The first-order chi connectivity index (χ1) is 8.86. The van der Waals surface area contributed by atoms with Crippen molar-refractivity contribution in [1.82, 2.24) is 0 Å². The largest absolute Gasteiger partial charge is 0.271 e. The Morgan fingerprint density at radius 2 is 0.960 bits per heavy atom. The lowest BCUT2D eigenvalue weighted by Crippen LogP contribution is -2.20. The van der Waals surface area contributed by atoms with Crippen molar-refractivity contribution in [2.45, 2.75) is 84.5 Å². The van der Waals surface area contributed by atoms with Gasteiger partial charge in [-0.1, -0.05) is 64.8 Å². The van der Waals surface area contributed by atoms with Gasteiger partial charge in [-0.2, -0.15) is 14.8 Å². The van der Waals surface area contributed by atoms with Gasteiger partial charge in [0.15, 0.2) is 6.67 Å². The average Bonchev–Trinajstić information content (AvgIpc) is 2.43. The van der Waals surface area contributed by atoms with E-state index in [1.165, 1.54) is 6.42 Å². The molecule has 3 nitrogen and oxygen atoms in total. The maximum absolute atomic E-state index is 11.6. The zero-order valence-corrected chi connectivity index (χ0v) is 12.1. The van der Waals surface area contributed by atoms with Crippen LogP contribution in [0.15, 0.2) is 0 Å². The van der Waals surface area contributed by atoms with E-state index < -0.39 is 12.5 Å². The SMILES string of the molecule is C.C.C.C.C.C.CC(F)(CF)OF.CCC.CCOF.CF.COF. The molecule has 1 atom stereocenters. The van der Waals surface area contributed by atoms with Crippen LogP contribution in [0.1, 0.15) is 78.7 Å². The predicted molar refractivity (Wildman–Crippen MR) is 102 cm³/mol. The van der Waals surface area contributed by atoms with E-state index in [0.717, 1.165) is 7.11 Å². The minimum Gasteiger partial charge on any atom is -0.255 e. The van der Waals surface area contributed by atoms with Crippen LogP contribution in [0.2, 0.25) is 0 Å². The van der Waals surface area contributed by atoms with Crippen molar-refractivity contribution >= 4 is 0 Å². The summed E-state index contributed by atoms with van der Waals surface area (Å²) in [5.41, 5.74) is 0. The fourth-order valence-electron chi connectivity index (χ4n) is 0.0206. The van der Waals surface area contributed by atoms with Crippen molar-refractivity contribution in [3.63, 3.8) is 0 Å². The standard InChI is InChI=1S/C3H5F3O.C3H8.C2H5FO.CH3FO.CH3F.6CH4/c1-3(5,2-4)7-6;1-3-2;1-2-4-3;1-3-2;1-2;;;;;;/h2H2,1H3;3H2,1-2H3;2H2,1H3;1H3;1H3;6*1H4. The molecule has 25 heavy (non-hydrogen) atoms. The van der Waals surface area contributed by atoms with Crippen LogP contribution in [0, 0.1) is 0 Å². The minimum absolute atomic E-state index is 0. The van der Waals surface area contributed by atoms with Gasteiger partial charge >= 0.3 is 0 Å². The van der Waals surface area contributed by atoms with E-state index >= 15 is 0 Å². The lowest BCUT2D eigenvalue weighted by atomic mass is 10.4. The number of hydrogen-bond donors (Lipinski definition) is 0. The summed E-state index contributed by atoms with van der Waals surface area (Å²) in [6.45, 7) is 5.18. The fourth-order valence-corrected chi connectivity index (χ4v) is 0.0206. The van der Waals surface area contributed by atoms with Gasteiger partial charge in [0, 0.05) is 6.92 Å². The van der Waals surface area contributed by atoms with E-state index in [4.69, 9.17) is 0 Å². The first-order valence-corrected chi connectivity index (χ1v) is 5.17. The van der Waals surface area contributed by atoms with Crippen molar-refractivity contribution < 1.29 is 41.6 Å². The first kappa shape index (κ1) is 74.3. The first-order valence-electron chi connectivity index (χ1n) is 5.17. The van der Waals surface area contributed by atoms with Crippen molar-refractivity contribution in [1.29, 1.82) is 0 Å². The van der Waals surface area contributed by atoms with Crippen LogP contribution in [0.4, 0.5) is 26.7 Å². The predicted octanol–water partition coefficient (Wildman–Crippen LogP) is 8.79. The Balaban J connectivity index is -0.0000000109. The van der Waals surface area contributed by atoms with Gasteiger partial charge in [-0.05, 0) is 20.5 Å². The Hall–Kier alpha value is -0.540. The molecule has 0 saturated carbocycles. The molecule has 1 unspecified atom stereocenters. The normalized spacial score (nSPS) is 8.16. The van der Waals surface area contributed by atoms with Gasteiger partial charge in [-0.3, -0.25) is 4.39 Å². The second kappa shape index (κ2) is 90.1. The molecule has 0 fully saturated rings. The van der Waals surface area contributed by atoms with Gasteiger partial charge in [0.25, 0.3) is 5.85 Å². The molecule has 172 valence electrons. The zero-order chi connectivity index (χ0) is 16.7. The fraction of sp³-hybridized carbons (Fsp3) is 1.00. The number of hydrogen-bond acceptors (Lipinski definition) is 3. The molecule has 0 heterocycles. The quantitative estimate of drug-likeness (QED) is 0.441. The van der Waals surface area contributed by atoms with Crippen molar-refractivity contribution in [2.24, 2.45) is 0 Å². The average molecular weight is 403 g/mol. The van der Waals surface area contributed by atoms with Gasteiger partial charge in [-0.25, -0.2) is 8.78 Å². The molecule has 0 aromatic carbocycles. The summed E-state index contributed by atoms with van der Waals surface area (Å²) in [7, 11) is 1.46. The maximum Gasteiger partial charge on any atom is 0.271 e. The highest BCUT2D eigenvalue weighted by Gasteiger charge is 2.24. The minimum atomic E-state index is -2.75. The van der Waals surface area contributed by atoms with Gasteiger partial charge in [0.2, 0.25) is 0 Å². The lowest BCUT2D eigenvalue weighted by molar-refractivity contribution is -0.289. The second-order valence-electron chi connectivity index (χ2n) is 2.57. The molecule has 0 bridgehead atoms. The van der Waals surface area contributed by atoms with E-state index in [9.17, 15) is 26.7 Å². The van der Waals surface area contributed by atoms with E-state index in [-0.39, 0.29) is 51.2 Å². The third kappa shape index (κ3) is 259. The topological polar surface area (TPSA) is 27.7 Å². The molecule has 0 aliphatic rings. The maximum atomic E-state index is 11.6. The van der Waals surface area contributed by atoms with Crippen molar-refractivity contribution in [3.8, 4) is 0 Å². The van der Waals surface area contributed by atoms with Crippen LogP contribution in [-0.4, -0.2) is 33.4 Å². The Kier molecular flexibility index (Phi) is 268. The molecule has 0 aliphatic heterocycles. The monoisotopic (exact) mass is 402 g/mol. The van der Waals surface area contributed by atoms with Crippen molar-refractivity contribution in [3.05, 3.63) is 0 Å². The van der Waals surface area contributed by atoms with Crippen molar-refractivity contribution in [2.75, 3.05) is 27.6 Å². The van der Waals surface area contributed by atoms with Crippen LogP contribution in [0.3, 0.4) is 0 Å². The number of alkyl halides is 3. The summed E-state index contributed by atoms with van der Waals surface area (Å²) in [4.78, 5) is 8.34. The Morgan fingerprint density at radius 1 is 0.800 bits per heavy atom. The molecule has 0 saturated heterocycles. The third-order valence-electron chi connectivity index (χ3n) is 0.509. The molecular formula is C16H48F6O3. The molecule has 0 aromatic rings. The zero-order valence-electron chi connectivity index (χ0n) is 12.1. The van der Waals surface area contributed by atoms with Gasteiger partial charge in [0.1, 0.15) is 0 Å². The summed E-state index contributed by atoms with van der Waals surface area (Å²) in [5, 5.41) is 0. The second-order valence-corrected chi connectivity index (χ2v) is 2.57. The summed E-state index contributed by atoms with van der Waals surface area (Å²) < 4.78 is 62.8. The van der Waals surface area contributed by atoms with E-state index in [0.29, 0.717) is 14.1 Å². The summed E-state index contributed by atoms with van der Waals surface area (Å²) >= 11 is 0. The Morgan fingerprint density at radius 3 is 0.960 bits per heavy atom. The van der Waals surface area contributed by atoms with Gasteiger partial charge in [0.05, 0.1) is 20.9 Å². The molecule has 9 heteroatoms. The Bertz CT molecular complexity index is 104. The van der Waals surface area contributed by atoms with Crippen LogP contribution >= 0.6 is 0 Å². The van der Waals surface area contributed by atoms with Crippen LogP contribution in [0.25, 0.3) is 0 Å². The third-order valence-corrected chi connectivity index (χ3v) is 0.509. The highest BCUT2D eigenvalue weighted by molar-refractivity contribution is 4.52. The number of halogens is 6. The molecule has 0 amide bonds. The molecule has 0 aromatic heterocycles. The van der Waals surface area contributed by atoms with Crippen LogP contribution in [0.5, 0.6) is 0 Å². The van der Waals surface area contributed by atoms with Gasteiger partial charge in [-0.15, -0.1) is 0 Å². The molecule has 0 rings (SSSR count). The smallest absolute Gasteiger partial charge is 0.255 e. The summed E-state index contributed by atoms with van der Waals surface area (Å²) in [6.07, 6.45) is 1.25. The van der Waals surface area contributed by atoms with Crippen LogP contribution < -0.4 is 0 Å². The highest BCUT2D eigenvalue weighted by atomic mass is 19.3. The molecular weight excluding hydrogens is 354 g/mol. The lowest BCUT2D eigenvalue weighted by Gasteiger charge is -2.06. The number of rotatable bonds is 3. The molecule has 0 aliphatic carbocycles. The summed E-state index contributed by atoms with van der Waals surface area (Å²) in [6, 6.07) is 0. The van der Waals surface area contributed by atoms with E-state index in [1.807, 2.05) is 0 Å². The summed E-state index contributed by atoms with van der Waals surface area (Å²) in [5.74, 6) is -2.75. The Labute approximate surface area is 154 Å². The van der Waals surface area contributed by atoms with Gasteiger partial charge < -0.3 is 0 Å². The molecule has 0 N–H and O–H groups in total. The molecule has 0 radical (unpaired) electrons. The molecule has 0 spiro atoms.